The summed E-state index contributed by atoms with van der Waals surface area (Å²) in [5.41, 5.74) is 0.957. The number of nitrogens with one attached hydrogen (secondary N) is 1. The van der Waals surface area contributed by atoms with Crippen molar-refractivity contribution in [1.29, 1.82) is 0 Å². The van der Waals surface area contributed by atoms with Gasteiger partial charge in [-0.15, -0.1) is 0 Å². The van der Waals surface area contributed by atoms with Crippen molar-refractivity contribution in [2.75, 3.05) is 13.2 Å². The average molecular weight is 273 g/mol. The smallest absolute Gasteiger partial charge is 0.120 e. The van der Waals surface area contributed by atoms with Gasteiger partial charge in [0.15, 0.2) is 0 Å². The summed E-state index contributed by atoms with van der Waals surface area (Å²) in [6.07, 6.45) is 2.05. The predicted octanol–water partition coefficient (Wildman–Crippen LogP) is 3.04. The summed E-state index contributed by atoms with van der Waals surface area (Å²) in [4.78, 5) is 0. The van der Waals surface area contributed by atoms with E-state index in [1.807, 2.05) is 24.3 Å². The van der Waals surface area contributed by atoms with Crippen molar-refractivity contribution in [3.8, 4) is 5.75 Å². The molecule has 0 aliphatic rings. The zero-order valence-electron chi connectivity index (χ0n) is 12.0. The first kappa shape index (κ1) is 14.8. The van der Waals surface area contributed by atoms with E-state index in [2.05, 4.69) is 18.3 Å². The molecule has 0 spiro atoms. The standard InChI is InChI=1S/C17H23NO2/c1-13(12-19)5-4-10-18-11-16-15-7-3-2-6-14(15)8-9-17(16)20/h2-3,6-9,13,18-20H,4-5,10-12H2,1H3. The van der Waals surface area contributed by atoms with E-state index in [1.165, 1.54) is 0 Å². The maximum Gasteiger partial charge on any atom is 0.120 e. The molecule has 0 aliphatic heterocycles. The van der Waals surface area contributed by atoms with Gasteiger partial charge in [0.2, 0.25) is 0 Å². The summed E-state index contributed by atoms with van der Waals surface area (Å²) in [6.45, 7) is 3.87. The van der Waals surface area contributed by atoms with Gasteiger partial charge < -0.3 is 15.5 Å². The van der Waals surface area contributed by atoms with Crippen LogP contribution in [0.3, 0.4) is 0 Å². The van der Waals surface area contributed by atoms with E-state index in [0.29, 0.717) is 18.2 Å². The molecule has 0 fully saturated rings. The third-order valence-corrected chi connectivity index (χ3v) is 3.68. The Labute approximate surface area is 120 Å². The normalized spacial score (nSPS) is 12.7. The van der Waals surface area contributed by atoms with E-state index >= 15 is 0 Å². The number of fused-ring (bicyclic) bond motifs is 1. The van der Waals surface area contributed by atoms with Crippen molar-refractivity contribution in [2.24, 2.45) is 5.92 Å². The van der Waals surface area contributed by atoms with Gasteiger partial charge in [0.05, 0.1) is 0 Å². The Morgan fingerprint density at radius 3 is 2.75 bits per heavy atom. The maximum atomic E-state index is 10.0. The highest BCUT2D eigenvalue weighted by atomic mass is 16.3. The van der Waals surface area contributed by atoms with Crippen LogP contribution in [0.15, 0.2) is 36.4 Å². The Hall–Kier alpha value is -1.58. The van der Waals surface area contributed by atoms with E-state index in [4.69, 9.17) is 5.11 Å². The van der Waals surface area contributed by atoms with Gasteiger partial charge in [0, 0.05) is 18.7 Å². The second-order valence-electron chi connectivity index (χ2n) is 5.39. The zero-order valence-corrected chi connectivity index (χ0v) is 12.0. The molecule has 2 rings (SSSR count). The van der Waals surface area contributed by atoms with Crippen LogP contribution in [0.2, 0.25) is 0 Å². The molecular weight excluding hydrogens is 250 g/mol. The second-order valence-corrected chi connectivity index (χ2v) is 5.39. The quantitative estimate of drug-likeness (QED) is 0.680. The van der Waals surface area contributed by atoms with Gasteiger partial charge in [-0.3, -0.25) is 0 Å². The number of aromatic hydroxyl groups is 1. The fourth-order valence-corrected chi connectivity index (χ4v) is 2.39. The minimum atomic E-state index is 0.254. The number of rotatable bonds is 7. The fourth-order valence-electron chi connectivity index (χ4n) is 2.39. The van der Waals surface area contributed by atoms with Crippen molar-refractivity contribution in [1.82, 2.24) is 5.32 Å². The number of hydrogen-bond acceptors (Lipinski definition) is 3. The largest absolute Gasteiger partial charge is 0.508 e. The first-order chi connectivity index (χ1) is 9.72. The molecule has 2 aromatic rings. The summed E-state index contributed by atoms with van der Waals surface area (Å²) < 4.78 is 0. The second kappa shape index (κ2) is 7.27. The van der Waals surface area contributed by atoms with Gasteiger partial charge in [0.1, 0.15) is 5.75 Å². The molecule has 0 bridgehead atoms. The predicted molar refractivity (Wildman–Crippen MR) is 82.8 cm³/mol. The Morgan fingerprint density at radius 2 is 1.95 bits per heavy atom. The number of aliphatic hydroxyl groups excluding tert-OH is 1. The van der Waals surface area contributed by atoms with Crippen LogP contribution in [0, 0.1) is 5.92 Å². The van der Waals surface area contributed by atoms with Crippen LogP contribution in [0.1, 0.15) is 25.3 Å². The van der Waals surface area contributed by atoms with E-state index < -0.39 is 0 Å². The van der Waals surface area contributed by atoms with Gasteiger partial charge in [-0.25, -0.2) is 0 Å². The van der Waals surface area contributed by atoms with Crippen LogP contribution in [-0.2, 0) is 6.54 Å². The Morgan fingerprint density at radius 1 is 1.15 bits per heavy atom. The minimum Gasteiger partial charge on any atom is -0.508 e. The monoisotopic (exact) mass is 273 g/mol. The van der Waals surface area contributed by atoms with Crippen LogP contribution in [0.25, 0.3) is 10.8 Å². The van der Waals surface area contributed by atoms with Gasteiger partial charge in [-0.2, -0.15) is 0 Å². The lowest BCUT2D eigenvalue weighted by atomic mass is 10.0. The molecule has 0 aliphatic carbocycles. The van der Waals surface area contributed by atoms with E-state index in [-0.39, 0.29) is 6.61 Å². The van der Waals surface area contributed by atoms with Crippen LogP contribution < -0.4 is 5.32 Å². The van der Waals surface area contributed by atoms with E-state index in [0.717, 1.165) is 35.7 Å². The highest BCUT2D eigenvalue weighted by Crippen LogP contribution is 2.26. The molecule has 0 heterocycles. The van der Waals surface area contributed by atoms with Crippen molar-refractivity contribution >= 4 is 10.8 Å². The van der Waals surface area contributed by atoms with Crippen LogP contribution in [-0.4, -0.2) is 23.4 Å². The molecule has 20 heavy (non-hydrogen) atoms. The molecule has 3 heteroatoms. The van der Waals surface area contributed by atoms with Gasteiger partial charge in [0.25, 0.3) is 0 Å². The molecule has 0 aromatic heterocycles. The summed E-state index contributed by atoms with van der Waals surface area (Å²) in [5.74, 6) is 0.711. The molecule has 0 amide bonds. The Bertz CT molecular complexity index is 554. The molecule has 3 N–H and O–H groups in total. The Balaban J connectivity index is 1.94. The molecule has 0 saturated heterocycles. The third-order valence-electron chi connectivity index (χ3n) is 3.68. The number of aliphatic hydroxyl groups is 1. The van der Waals surface area contributed by atoms with Gasteiger partial charge in [-0.1, -0.05) is 37.3 Å². The molecule has 1 atom stereocenters. The molecule has 0 radical (unpaired) electrons. The lowest BCUT2D eigenvalue weighted by Gasteiger charge is -2.11. The number of hydrogen-bond donors (Lipinski definition) is 3. The topological polar surface area (TPSA) is 52.5 Å². The lowest BCUT2D eigenvalue weighted by molar-refractivity contribution is 0.228. The average Bonchev–Trinajstić information content (AvgIpc) is 2.48. The fraction of sp³-hybridized carbons (Fsp3) is 0.412. The van der Waals surface area contributed by atoms with Crippen molar-refractivity contribution < 1.29 is 10.2 Å². The first-order valence-corrected chi connectivity index (χ1v) is 7.23. The highest BCUT2D eigenvalue weighted by Gasteiger charge is 2.06. The lowest BCUT2D eigenvalue weighted by Crippen LogP contribution is -2.16. The number of phenols is 1. The van der Waals surface area contributed by atoms with E-state index in [9.17, 15) is 5.11 Å². The van der Waals surface area contributed by atoms with E-state index in [1.54, 1.807) is 6.07 Å². The zero-order chi connectivity index (χ0) is 14.4. The number of benzene rings is 2. The molecule has 3 nitrogen and oxygen atoms in total. The molecule has 2 aromatic carbocycles. The SMILES string of the molecule is CC(CO)CCCNCc1c(O)ccc2ccccc12. The summed E-state index contributed by atoms with van der Waals surface area (Å²) in [7, 11) is 0. The van der Waals surface area contributed by atoms with Crippen molar-refractivity contribution in [3.63, 3.8) is 0 Å². The highest BCUT2D eigenvalue weighted by molar-refractivity contribution is 5.87. The molecule has 108 valence electrons. The summed E-state index contributed by atoms with van der Waals surface area (Å²) >= 11 is 0. The first-order valence-electron chi connectivity index (χ1n) is 7.23. The van der Waals surface area contributed by atoms with Crippen LogP contribution in [0.4, 0.5) is 0 Å². The van der Waals surface area contributed by atoms with Gasteiger partial charge >= 0.3 is 0 Å². The van der Waals surface area contributed by atoms with Gasteiger partial charge in [-0.05, 0) is 42.1 Å². The number of phenolic OH excluding ortho intramolecular Hbond substituents is 1. The van der Waals surface area contributed by atoms with Crippen molar-refractivity contribution in [2.45, 2.75) is 26.3 Å². The summed E-state index contributed by atoms with van der Waals surface area (Å²) in [5, 5.41) is 24.6. The molecule has 0 saturated carbocycles. The molecular formula is C17H23NO2. The van der Waals surface area contributed by atoms with Crippen molar-refractivity contribution in [3.05, 3.63) is 42.0 Å². The molecule has 1 unspecified atom stereocenters. The maximum absolute atomic E-state index is 10.0. The van der Waals surface area contributed by atoms with Crippen LogP contribution >= 0.6 is 0 Å². The Kier molecular flexibility index (Phi) is 5.39. The minimum absolute atomic E-state index is 0.254. The van der Waals surface area contributed by atoms with Crippen LogP contribution in [0.5, 0.6) is 5.75 Å². The third kappa shape index (κ3) is 3.71. The summed E-state index contributed by atoms with van der Waals surface area (Å²) in [6, 6.07) is 11.8.